The fourth-order valence-electron chi connectivity index (χ4n) is 2.81. The van der Waals surface area contributed by atoms with Crippen molar-refractivity contribution in [1.82, 2.24) is 0 Å². The number of thioether (sulfide) groups is 1. The van der Waals surface area contributed by atoms with Crippen LogP contribution >= 0.6 is 11.8 Å². The summed E-state index contributed by atoms with van der Waals surface area (Å²) >= 11 is 1.68. The van der Waals surface area contributed by atoms with E-state index in [9.17, 15) is 9.59 Å². The molecule has 0 radical (unpaired) electrons. The minimum Gasteiger partial charge on any atom is -0.496 e. The van der Waals surface area contributed by atoms with Crippen LogP contribution in [0.1, 0.15) is 44.6 Å². The van der Waals surface area contributed by atoms with Crippen LogP contribution < -0.4 is 10.4 Å². The number of carbonyl (C=O) groups excluding carboxylic acids is 1. The Bertz CT molecular complexity index is 884. The van der Waals surface area contributed by atoms with Crippen LogP contribution in [0.4, 0.5) is 0 Å². The highest BCUT2D eigenvalue weighted by Crippen LogP contribution is 2.32. The minimum atomic E-state index is -0.342. The summed E-state index contributed by atoms with van der Waals surface area (Å²) in [4.78, 5) is 24.1. The van der Waals surface area contributed by atoms with Gasteiger partial charge in [-0.1, -0.05) is 25.8 Å². The van der Waals surface area contributed by atoms with E-state index in [-0.39, 0.29) is 11.6 Å². The third kappa shape index (κ3) is 6.44. The Morgan fingerprint density at radius 2 is 1.86 bits per heavy atom. The maximum absolute atomic E-state index is 11.9. The van der Waals surface area contributed by atoms with E-state index in [1.54, 1.807) is 37.9 Å². The van der Waals surface area contributed by atoms with Crippen molar-refractivity contribution in [1.29, 1.82) is 0 Å². The predicted molar refractivity (Wildman–Crippen MR) is 113 cm³/mol. The van der Waals surface area contributed by atoms with Gasteiger partial charge in [0.15, 0.2) is 0 Å². The van der Waals surface area contributed by atoms with Gasteiger partial charge in [0.05, 0.1) is 13.7 Å². The normalized spacial score (nSPS) is 10.8. The quantitative estimate of drug-likeness (QED) is 0.167. The molecule has 2 rings (SSSR count). The van der Waals surface area contributed by atoms with Crippen molar-refractivity contribution in [3.05, 3.63) is 46.3 Å². The highest BCUT2D eigenvalue weighted by atomic mass is 32.2. The summed E-state index contributed by atoms with van der Waals surface area (Å²) in [5.41, 5.74) is 1.66. The van der Waals surface area contributed by atoms with E-state index in [1.165, 1.54) is 0 Å². The first-order chi connectivity index (χ1) is 13.4. The topological polar surface area (TPSA) is 65.7 Å². The molecule has 0 saturated heterocycles. The number of ether oxygens (including phenoxy) is 2. The zero-order valence-electron chi connectivity index (χ0n) is 16.8. The van der Waals surface area contributed by atoms with Crippen LogP contribution in [0.5, 0.6) is 5.75 Å². The van der Waals surface area contributed by atoms with E-state index >= 15 is 0 Å². The number of hydrogen-bond donors (Lipinski definition) is 0. The Hall–Kier alpha value is -2.21. The van der Waals surface area contributed by atoms with Crippen molar-refractivity contribution in [3.8, 4) is 5.75 Å². The lowest BCUT2D eigenvalue weighted by atomic mass is 10.1. The highest BCUT2D eigenvalue weighted by Gasteiger charge is 2.10. The van der Waals surface area contributed by atoms with Crippen molar-refractivity contribution in [2.75, 3.05) is 19.5 Å². The first kappa shape index (κ1) is 22.1. The molecule has 0 spiro atoms. The van der Waals surface area contributed by atoms with Gasteiger partial charge < -0.3 is 13.9 Å². The SMILES string of the molecule is C=C(C)C(=O)OCCCCCCCSc1cc(=O)oc2cc(OC)c(C)cc12. The third-order valence-electron chi connectivity index (χ3n) is 4.35. The highest BCUT2D eigenvalue weighted by molar-refractivity contribution is 7.99. The largest absolute Gasteiger partial charge is 0.496 e. The van der Waals surface area contributed by atoms with Gasteiger partial charge in [0.2, 0.25) is 0 Å². The second kappa shape index (κ2) is 11.0. The number of esters is 1. The number of methoxy groups -OCH3 is 1. The van der Waals surface area contributed by atoms with Crippen LogP contribution in [0.15, 0.2) is 44.5 Å². The second-order valence-electron chi connectivity index (χ2n) is 6.78. The summed E-state index contributed by atoms with van der Waals surface area (Å²) in [7, 11) is 1.61. The molecule has 152 valence electrons. The molecule has 1 aromatic carbocycles. The fraction of sp³-hybridized carbons (Fsp3) is 0.455. The standard InChI is InChI=1S/C22H28O5S/c1-15(2)22(24)26-10-8-6-5-7-9-11-28-20-14-21(23)27-19-13-18(25-4)16(3)12-17(19)20/h12-14H,1,5-11H2,2-4H3. The van der Waals surface area contributed by atoms with Gasteiger partial charge in [0.25, 0.3) is 0 Å². The van der Waals surface area contributed by atoms with Crippen molar-refractivity contribution >= 4 is 28.7 Å². The molecule has 0 amide bonds. The van der Waals surface area contributed by atoms with E-state index < -0.39 is 0 Å². The van der Waals surface area contributed by atoms with Crippen LogP contribution in [-0.2, 0) is 9.53 Å². The lowest BCUT2D eigenvalue weighted by molar-refractivity contribution is -0.139. The lowest BCUT2D eigenvalue weighted by Crippen LogP contribution is -2.05. The first-order valence-corrected chi connectivity index (χ1v) is 10.5. The van der Waals surface area contributed by atoms with Crippen LogP contribution in [0, 0.1) is 6.92 Å². The fourth-order valence-corrected chi connectivity index (χ4v) is 3.88. The molecular formula is C22H28O5S. The Kier molecular flexibility index (Phi) is 8.64. The van der Waals surface area contributed by atoms with Gasteiger partial charge in [-0.25, -0.2) is 9.59 Å². The molecule has 0 bridgehead atoms. The summed E-state index contributed by atoms with van der Waals surface area (Å²) in [6.07, 6.45) is 5.17. The maximum atomic E-state index is 11.9. The number of carbonyl (C=O) groups is 1. The number of benzene rings is 1. The number of hydrogen-bond acceptors (Lipinski definition) is 6. The summed E-state index contributed by atoms with van der Waals surface area (Å²) in [6, 6.07) is 5.34. The zero-order valence-corrected chi connectivity index (χ0v) is 17.7. The molecule has 0 fully saturated rings. The van der Waals surface area contributed by atoms with Crippen LogP contribution in [0.2, 0.25) is 0 Å². The van der Waals surface area contributed by atoms with Crippen molar-refractivity contribution in [2.45, 2.75) is 50.8 Å². The minimum absolute atomic E-state index is 0.316. The molecule has 1 aromatic heterocycles. The Balaban J connectivity index is 1.77. The molecule has 0 aliphatic rings. The zero-order chi connectivity index (χ0) is 20.5. The average molecular weight is 405 g/mol. The molecule has 2 aromatic rings. The van der Waals surface area contributed by atoms with Gasteiger partial charge in [-0.2, -0.15) is 0 Å². The molecule has 0 aliphatic carbocycles. The van der Waals surface area contributed by atoms with E-state index in [0.29, 0.717) is 23.5 Å². The van der Waals surface area contributed by atoms with Crippen molar-refractivity contribution in [3.63, 3.8) is 0 Å². The number of unbranched alkanes of at least 4 members (excludes halogenated alkanes) is 4. The van der Waals surface area contributed by atoms with Gasteiger partial charge in [0.1, 0.15) is 11.3 Å². The average Bonchev–Trinajstić information content (AvgIpc) is 2.66. The molecule has 6 heteroatoms. The van der Waals surface area contributed by atoms with Crippen LogP contribution in [0.3, 0.4) is 0 Å². The monoisotopic (exact) mass is 404 g/mol. The Morgan fingerprint density at radius 1 is 1.14 bits per heavy atom. The smallest absolute Gasteiger partial charge is 0.337 e. The number of fused-ring (bicyclic) bond motifs is 1. The molecule has 0 unspecified atom stereocenters. The lowest BCUT2D eigenvalue weighted by Gasteiger charge is -2.09. The molecule has 0 atom stereocenters. The van der Waals surface area contributed by atoms with Crippen molar-refractivity contribution < 1.29 is 18.7 Å². The van der Waals surface area contributed by atoms with Crippen LogP contribution in [0.25, 0.3) is 11.0 Å². The second-order valence-corrected chi connectivity index (χ2v) is 7.92. The molecule has 1 heterocycles. The summed E-state index contributed by atoms with van der Waals surface area (Å²) in [6.45, 7) is 7.64. The first-order valence-electron chi connectivity index (χ1n) is 9.50. The molecule has 0 N–H and O–H groups in total. The van der Waals surface area contributed by atoms with Crippen molar-refractivity contribution in [2.24, 2.45) is 0 Å². The summed E-state index contributed by atoms with van der Waals surface area (Å²) < 4.78 is 15.7. The van der Waals surface area contributed by atoms with Gasteiger partial charge in [0, 0.05) is 28.0 Å². The molecular weight excluding hydrogens is 376 g/mol. The van der Waals surface area contributed by atoms with Gasteiger partial charge >= 0.3 is 11.6 Å². The Morgan fingerprint density at radius 3 is 2.57 bits per heavy atom. The van der Waals surface area contributed by atoms with E-state index in [2.05, 4.69) is 6.58 Å². The van der Waals surface area contributed by atoms with Crippen LogP contribution in [-0.4, -0.2) is 25.4 Å². The van der Waals surface area contributed by atoms with E-state index in [4.69, 9.17) is 13.9 Å². The third-order valence-corrected chi connectivity index (χ3v) is 5.49. The predicted octanol–water partition coefficient (Wildman–Crippen LogP) is 5.27. The molecule has 5 nitrogen and oxygen atoms in total. The molecule has 28 heavy (non-hydrogen) atoms. The number of rotatable bonds is 11. The van der Waals surface area contributed by atoms with Gasteiger partial charge in [-0.05, 0) is 44.1 Å². The molecule has 0 aliphatic heterocycles. The summed E-state index contributed by atoms with van der Waals surface area (Å²) in [5, 5.41) is 0.947. The van der Waals surface area contributed by atoms with Gasteiger partial charge in [-0.15, -0.1) is 11.8 Å². The number of aryl methyl sites for hydroxylation is 1. The Labute approximate surface area is 170 Å². The van der Waals surface area contributed by atoms with E-state index in [1.807, 2.05) is 13.0 Å². The summed E-state index contributed by atoms with van der Waals surface area (Å²) in [5.74, 6) is 1.34. The van der Waals surface area contributed by atoms with E-state index in [0.717, 1.165) is 53.7 Å². The maximum Gasteiger partial charge on any atom is 0.337 e. The molecule has 0 saturated carbocycles. The van der Waals surface area contributed by atoms with Gasteiger partial charge in [-0.3, -0.25) is 0 Å².